The van der Waals surface area contributed by atoms with Crippen LogP contribution in [0.5, 0.6) is 0 Å². The Morgan fingerprint density at radius 2 is 2.17 bits per heavy atom. The van der Waals surface area contributed by atoms with E-state index >= 15 is 0 Å². The van der Waals surface area contributed by atoms with Crippen molar-refractivity contribution in [3.63, 3.8) is 0 Å². The molecule has 4 N–H and O–H groups in total. The fourth-order valence-corrected chi connectivity index (χ4v) is 1.82. The maximum absolute atomic E-state index is 11.3. The third-order valence-electron chi connectivity index (χ3n) is 2.76. The molecular formula is C13H16N4O. The van der Waals surface area contributed by atoms with Crippen molar-refractivity contribution in [3.8, 4) is 0 Å². The Balaban J connectivity index is 2.31. The zero-order chi connectivity index (χ0) is 13.1. The standard InChI is InChI=1S/C13H16N4O/c1-3-9-6-10(5-4-8(9)2)15-11-7-12(18)17-13(14)16-11/h4-7H,3H2,1-2H3,(H4,14,15,16,17,18). The first-order valence-electron chi connectivity index (χ1n) is 5.82. The number of anilines is 3. The fraction of sp³-hybridized carbons (Fsp3) is 0.231. The maximum atomic E-state index is 11.3. The summed E-state index contributed by atoms with van der Waals surface area (Å²) in [6.07, 6.45) is 0.965. The van der Waals surface area contributed by atoms with Crippen LogP contribution in [0.25, 0.3) is 0 Å². The minimum atomic E-state index is -0.271. The molecule has 2 aromatic rings. The Kier molecular flexibility index (Phi) is 3.32. The second-order valence-electron chi connectivity index (χ2n) is 4.14. The quantitative estimate of drug-likeness (QED) is 0.770. The van der Waals surface area contributed by atoms with Crippen LogP contribution in [-0.2, 0) is 6.42 Å². The molecular weight excluding hydrogens is 228 g/mol. The molecule has 1 aromatic heterocycles. The number of nitrogens with one attached hydrogen (secondary N) is 2. The van der Waals surface area contributed by atoms with Gasteiger partial charge in [0.1, 0.15) is 5.82 Å². The summed E-state index contributed by atoms with van der Waals surface area (Å²) >= 11 is 0. The highest BCUT2D eigenvalue weighted by atomic mass is 16.1. The van der Waals surface area contributed by atoms with Crippen molar-refractivity contribution in [1.29, 1.82) is 0 Å². The van der Waals surface area contributed by atoms with Crippen molar-refractivity contribution in [1.82, 2.24) is 9.97 Å². The molecule has 0 saturated heterocycles. The van der Waals surface area contributed by atoms with E-state index in [0.717, 1.165) is 12.1 Å². The molecule has 0 fully saturated rings. The molecule has 0 aliphatic rings. The second-order valence-corrected chi connectivity index (χ2v) is 4.14. The lowest BCUT2D eigenvalue weighted by Crippen LogP contribution is -2.11. The lowest BCUT2D eigenvalue weighted by atomic mass is 10.1. The van der Waals surface area contributed by atoms with Crippen molar-refractivity contribution in [2.24, 2.45) is 0 Å². The summed E-state index contributed by atoms with van der Waals surface area (Å²) in [6, 6.07) is 7.42. The molecule has 0 saturated carbocycles. The predicted molar refractivity (Wildman–Crippen MR) is 73.1 cm³/mol. The van der Waals surface area contributed by atoms with Crippen LogP contribution in [0.15, 0.2) is 29.1 Å². The van der Waals surface area contributed by atoms with Gasteiger partial charge in [0.25, 0.3) is 5.56 Å². The minimum Gasteiger partial charge on any atom is -0.369 e. The van der Waals surface area contributed by atoms with Gasteiger partial charge in [0.15, 0.2) is 0 Å². The molecule has 0 radical (unpaired) electrons. The van der Waals surface area contributed by atoms with E-state index in [0.29, 0.717) is 5.82 Å². The van der Waals surface area contributed by atoms with Gasteiger partial charge >= 0.3 is 0 Å². The number of nitrogens with two attached hydrogens (primary N) is 1. The summed E-state index contributed by atoms with van der Waals surface area (Å²) in [5.74, 6) is 0.551. The Morgan fingerprint density at radius 3 is 2.83 bits per heavy atom. The van der Waals surface area contributed by atoms with Crippen LogP contribution >= 0.6 is 0 Å². The topological polar surface area (TPSA) is 83.8 Å². The predicted octanol–water partition coefficient (Wildman–Crippen LogP) is 1.97. The van der Waals surface area contributed by atoms with Crippen molar-refractivity contribution >= 4 is 17.5 Å². The number of benzene rings is 1. The Morgan fingerprint density at radius 1 is 1.39 bits per heavy atom. The second kappa shape index (κ2) is 4.91. The number of aromatic nitrogens is 2. The van der Waals surface area contributed by atoms with Crippen LogP contribution < -0.4 is 16.6 Å². The lowest BCUT2D eigenvalue weighted by molar-refractivity contribution is 1.11. The zero-order valence-corrected chi connectivity index (χ0v) is 10.4. The monoisotopic (exact) mass is 244 g/mol. The summed E-state index contributed by atoms with van der Waals surface area (Å²) < 4.78 is 0. The van der Waals surface area contributed by atoms with E-state index in [4.69, 9.17) is 5.73 Å². The highest BCUT2D eigenvalue weighted by Crippen LogP contribution is 2.18. The van der Waals surface area contributed by atoms with Crippen molar-refractivity contribution in [2.75, 3.05) is 11.1 Å². The first kappa shape index (κ1) is 12.2. The number of nitrogen functional groups attached to an aromatic ring is 1. The van der Waals surface area contributed by atoms with Crippen LogP contribution in [0.3, 0.4) is 0 Å². The van der Waals surface area contributed by atoms with Gasteiger partial charge in [-0.15, -0.1) is 0 Å². The molecule has 5 nitrogen and oxygen atoms in total. The third kappa shape index (κ3) is 2.68. The van der Waals surface area contributed by atoms with Gasteiger partial charge in [-0.1, -0.05) is 13.0 Å². The van der Waals surface area contributed by atoms with E-state index in [-0.39, 0.29) is 11.5 Å². The smallest absolute Gasteiger partial charge is 0.254 e. The third-order valence-corrected chi connectivity index (χ3v) is 2.76. The van der Waals surface area contributed by atoms with Crippen LogP contribution in [-0.4, -0.2) is 9.97 Å². The van der Waals surface area contributed by atoms with Crippen molar-refractivity contribution in [3.05, 3.63) is 45.7 Å². The van der Waals surface area contributed by atoms with E-state index in [1.54, 1.807) is 0 Å². The van der Waals surface area contributed by atoms with Crippen LogP contribution in [0.4, 0.5) is 17.5 Å². The summed E-state index contributed by atoms with van der Waals surface area (Å²) in [4.78, 5) is 17.7. The molecule has 0 amide bonds. The van der Waals surface area contributed by atoms with Gasteiger partial charge < -0.3 is 11.1 Å². The molecule has 0 atom stereocenters. The number of hydrogen-bond donors (Lipinski definition) is 3. The molecule has 0 bridgehead atoms. The minimum absolute atomic E-state index is 0.104. The lowest BCUT2D eigenvalue weighted by Gasteiger charge is -2.09. The maximum Gasteiger partial charge on any atom is 0.254 e. The first-order valence-corrected chi connectivity index (χ1v) is 5.82. The van der Waals surface area contributed by atoms with E-state index in [1.807, 2.05) is 18.2 Å². The van der Waals surface area contributed by atoms with Gasteiger partial charge in [-0.3, -0.25) is 9.78 Å². The molecule has 2 rings (SSSR count). The molecule has 5 heteroatoms. The van der Waals surface area contributed by atoms with Gasteiger partial charge in [0.2, 0.25) is 5.95 Å². The molecule has 1 heterocycles. The summed E-state index contributed by atoms with van der Waals surface area (Å²) in [6.45, 7) is 4.18. The highest BCUT2D eigenvalue weighted by molar-refractivity contribution is 5.58. The fourth-order valence-electron chi connectivity index (χ4n) is 1.82. The van der Waals surface area contributed by atoms with E-state index in [2.05, 4.69) is 29.1 Å². The van der Waals surface area contributed by atoms with Gasteiger partial charge in [-0.25, -0.2) is 0 Å². The summed E-state index contributed by atoms with van der Waals surface area (Å²) in [5.41, 5.74) is 8.63. The molecule has 0 aliphatic carbocycles. The summed E-state index contributed by atoms with van der Waals surface area (Å²) in [5, 5.41) is 3.08. The normalized spacial score (nSPS) is 10.3. The van der Waals surface area contributed by atoms with E-state index < -0.39 is 0 Å². The number of aryl methyl sites for hydroxylation is 2. The summed E-state index contributed by atoms with van der Waals surface area (Å²) in [7, 11) is 0. The first-order chi connectivity index (χ1) is 8.58. The van der Waals surface area contributed by atoms with Crippen LogP contribution in [0.2, 0.25) is 0 Å². The SMILES string of the molecule is CCc1cc(Nc2cc(=O)[nH]c(N)n2)ccc1C. The van der Waals surface area contributed by atoms with Gasteiger partial charge in [-0.05, 0) is 36.6 Å². The number of hydrogen-bond acceptors (Lipinski definition) is 4. The average molecular weight is 244 g/mol. The van der Waals surface area contributed by atoms with Crippen molar-refractivity contribution in [2.45, 2.75) is 20.3 Å². The molecule has 94 valence electrons. The Bertz CT molecular complexity index is 619. The number of H-pyrrole nitrogens is 1. The Labute approximate surface area is 105 Å². The largest absolute Gasteiger partial charge is 0.369 e. The van der Waals surface area contributed by atoms with Gasteiger partial charge in [0, 0.05) is 11.8 Å². The van der Waals surface area contributed by atoms with E-state index in [1.165, 1.54) is 17.2 Å². The van der Waals surface area contributed by atoms with Gasteiger partial charge in [0.05, 0.1) is 0 Å². The Hall–Kier alpha value is -2.30. The van der Waals surface area contributed by atoms with Crippen LogP contribution in [0.1, 0.15) is 18.1 Å². The van der Waals surface area contributed by atoms with Crippen molar-refractivity contribution < 1.29 is 0 Å². The molecule has 0 spiro atoms. The number of rotatable bonds is 3. The number of aromatic amines is 1. The van der Waals surface area contributed by atoms with Crippen LogP contribution in [0, 0.1) is 6.92 Å². The average Bonchev–Trinajstić information content (AvgIpc) is 2.30. The van der Waals surface area contributed by atoms with Gasteiger partial charge in [-0.2, -0.15) is 4.98 Å². The van der Waals surface area contributed by atoms with E-state index in [9.17, 15) is 4.79 Å². The highest BCUT2D eigenvalue weighted by Gasteiger charge is 2.02. The molecule has 1 aromatic carbocycles. The molecule has 0 unspecified atom stereocenters. The molecule has 18 heavy (non-hydrogen) atoms. The molecule has 0 aliphatic heterocycles. The zero-order valence-electron chi connectivity index (χ0n) is 10.4. The number of nitrogens with zero attached hydrogens (tertiary/aromatic N) is 1.